The summed E-state index contributed by atoms with van der Waals surface area (Å²) in [5, 5.41) is 16.9. The molecule has 0 bridgehead atoms. The van der Waals surface area contributed by atoms with Crippen molar-refractivity contribution in [3.63, 3.8) is 0 Å². The van der Waals surface area contributed by atoms with Crippen LogP contribution in [0.4, 0.5) is 0 Å². The van der Waals surface area contributed by atoms with E-state index in [0.717, 1.165) is 0 Å². The minimum absolute atomic E-state index is 0.00328. The lowest BCUT2D eigenvalue weighted by atomic mass is 9.91. The summed E-state index contributed by atoms with van der Waals surface area (Å²) in [6, 6.07) is 13.2. The number of halogens is 2. The van der Waals surface area contributed by atoms with Crippen LogP contribution in [0.3, 0.4) is 0 Å². The third kappa shape index (κ3) is 11.4. The molecule has 47 heavy (non-hydrogen) atoms. The smallest absolute Gasteiger partial charge is 0.347 e. The van der Waals surface area contributed by atoms with Gasteiger partial charge in [0.1, 0.15) is 17.9 Å². The lowest BCUT2D eigenvalue weighted by molar-refractivity contribution is -0.176. The predicted octanol–water partition coefficient (Wildman–Crippen LogP) is 5.09. The number of amides is 2. The van der Waals surface area contributed by atoms with Crippen LogP contribution < -0.4 is 15.4 Å². The van der Waals surface area contributed by atoms with E-state index in [1.54, 1.807) is 43.3 Å². The highest BCUT2D eigenvalue weighted by atomic mass is 79.9. The quantitative estimate of drug-likeness (QED) is 0.239. The number of nitrogens with one attached hydrogen (secondary N) is 2. The molecule has 7 unspecified atom stereocenters. The molecule has 0 aliphatic carbocycles. The van der Waals surface area contributed by atoms with Gasteiger partial charge in [0.05, 0.1) is 29.0 Å². The maximum atomic E-state index is 13.5. The van der Waals surface area contributed by atoms with E-state index in [1.165, 1.54) is 13.2 Å². The summed E-state index contributed by atoms with van der Waals surface area (Å²) >= 11 is 9.90. The summed E-state index contributed by atoms with van der Waals surface area (Å²) in [6.45, 7) is 7.10. The molecule has 0 fully saturated rings. The number of methoxy groups -OCH3 is 1. The van der Waals surface area contributed by atoms with Gasteiger partial charge in [0.2, 0.25) is 11.8 Å². The van der Waals surface area contributed by atoms with Crippen LogP contribution in [0.25, 0.3) is 0 Å². The normalized spacial score (nSPS) is 24.3. The van der Waals surface area contributed by atoms with Gasteiger partial charge in [-0.15, -0.1) is 0 Å². The van der Waals surface area contributed by atoms with Crippen LogP contribution in [0.15, 0.2) is 60.7 Å². The number of aliphatic hydroxyl groups is 1. The fraction of sp³-hybridized carbons (Fsp3) is 0.486. The molecule has 0 aromatic heterocycles. The Bertz CT molecular complexity index is 1410. The van der Waals surface area contributed by atoms with Gasteiger partial charge in [0, 0.05) is 25.3 Å². The van der Waals surface area contributed by atoms with Crippen molar-refractivity contribution in [2.45, 2.75) is 76.1 Å². The Hall–Kier alpha value is -3.41. The highest BCUT2D eigenvalue weighted by Crippen LogP contribution is 2.33. The van der Waals surface area contributed by atoms with Gasteiger partial charge in [-0.2, -0.15) is 0 Å². The molecule has 0 spiro atoms. The number of benzene rings is 2. The Morgan fingerprint density at radius 2 is 1.74 bits per heavy atom. The van der Waals surface area contributed by atoms with E-state index in [9.17, 15) is 24.3 Å². The maximum absolute atomic E-state index is 13.5. The van der Waals surface area contributed by atoms with E-state index in [2.05, 4.69) is 26.6 Å². The van der Waals surface area contributed by atoms with E-state index in [-0.39, 0.29) is 31.7 Å². The molecule has 7 atom stereocenters. The molecule has 1 aliphatic heterocycles. The summed E-state index contributed by atoms with van der Waals surface area (Å²) in [7, 11) is 1.50. The van der Waals surface area contributed by atoms with E-state index >= 15 is 0 Å². The Morgan fingerprint density at radius 3 is 2.38 bits per heavy atom. The Balaban J connectivity index is 1.92. The zero-order valence-corrected chi connectivity index (χ0v) is 29.6. The highest BCUT2D eigenvalue weighted by Gasteiger charge is 2.35. The van der Waals surface area contributed by atoms with Gasteiger partial charge < -0.3 is 30.0 Å². The molecule has 12 heteroatoms. The molecule has 10 nitrogen and oxygen atoms in total. The monoisotopic (exact) mass is 734 g/mol. The first-order valence-corrected chi connectivity index (χ1v) is 16.9. The first-order chi connectivity index (χ1) is 22.3. The SMILES string of the molecule is COc1ccc(CC2NC(=O)/C=C/CC(C(C)C(Br)C(O)c3ccccc3)OC(=O)C(CC(C)C)OC(=O)C(C)CNC2=O)cc1Cl. The van der Waals surface area contributed by atoms with Crippen molar-refractivity contribution in [1.82, 2.24) is 10.6 Å². The third-order valence-electron chi connectivity index (χ3n) is 7.92. The van der Waals surface area contributed by atoms with Crippen LogP contribution in [0.1, 0.15) is 57.8 Å². The number of cyclic esters (lactones) is 2. The van der Waals surface area contributed by atoms with Crippen LogP contribution in [0, 0.1) is 17.8 Å². The van der Waals surface area contributed by atoms with E-state index in [0.29, 0.717) is 21.9 Å². The Kier molecular flexibility index (Phi) is 14.7. The first kappa shape index (κ1) is 38.0. The van der Waals surface area contributed by atoms with Crippen LogP contribution >= 0.6 is 27.5 Å². The van der Waals surface area contributed by atoms with Crippen LogP contribution in [-0.2, 0) is 35.1 Å². The molecule has 1 heterocycles. The number of hydrogen-bond donors (Lipinski definition) is 3. The Morgan fingerprint density at radius 1 is 1.04 bits per heavy atom. The molecule has 1 aliphatic rings. The zero-order chi connectivity index (χ0) is 34.7. The maximum Gasteiger partial charge on any atom is 0.347 e. The lowest BCUT2D eigenvalue weighted by Gasteiger charge is -2.31. The number of hydrogen-bond acceptors (Lipinski definition) is 8. The molecular weight excluding hydrogens is 692 g/mol. The molecule has 3 N–H and O–H groups in total. The number of esters is 2. The van der Waals surface area contributed by atoms with Gasteiger partial charge >= 0.3 is 11.9 Å². The molecule has 256 valence electrons. The third-order valence-corrected chi connectivity index (χ3v) is 9.55. The second-order valence-corrected chi connectivity index (χ2v) is 13.7. The van der Waals surface area contributed by atoms with E-state index in [4.69, 9.17) is 25.8 Å². The number of aliphatic hydroxyl groups excluding tert-OH is 1. The lowest BCUT2D eigenvalue weighted by Crippen LogP contribution is -2.49. The van der Waals surface area contributed by atoms with Crippen molar-refractivity contribution in [2.75, 3.05) is 13.7 Å². The van der Waals surface area contributed by atoms with E-state index < -0.39 is 64.8 Å². The molecule has 0 radical (unpaired) electrons. The zero-order valence-electron chi connectivity index (χ0n) is 27.3. The summed E-state index contributed by atoms with van der Waals surface area (Å²) in [4.78, 5) is 52.5. The molecule has 0 saturated carbocycles. The topological polar surface area (TPSA) is 140 Å². The van der Waals surface area contributed by atoms with Crippen molar-refractivity contribution < 1.29 is 38.5 Å². The largest absolute Gasteiger partial charge is 0.495 e. The van der Waals surface area contributed by atoms with Gasteiger partial charge in [-0.3, -0.25) is 14.4 Å². The number of ether oxygens (including phenoxy) is 3. The van der Waals surface area contributed by atoms with Crippen molar-refractivity contribution in [3.8, 4) is 5.75 Å². The van der Waals surface area contributed by atoms with Crippen LogP contribution in [-0.4, -0.2) is 65.6 Å². The fourth-order valence-electron chi connectivity index (χ4n) is 5.07. The number of carbonyl (C=O) groups is 4. The second-order valence-electron chi connectivity index (χ2n) is 12.2. The number of rotatable bonds is 9. The van der Waals surface area contributed by atoms with Crippen molar-refractivity contribution >= 4 is 51.3 Å². The minimum atomic E-state index is -1.18. The Labute approximate surface area is 289 Å². The molecule has 0 saturated heterocycles. The summed E-state index contributed by atoms with van der Waals surface area (Å²) in [5.41, 5.74) is 1.36. The van der Waals surface area contributed by atoms with Gasteiger partial charge in [-0.25, -0.2) is 4.79 Å². The van der Waals surface area contributed by atoms with Crippen molar-refractivity contribution in [2.24, 2.45) is 17.8 Å². The molecule has 2 aromatic carbocycles. The first-order valence-electron chi connectivity index (χ1n) is 15.7. The fourth-order valence-corrected chi connectivity index (χ4v) is 6.00. The number of carbonyl (C=O) groups excluding carboxylic acids is 4. The summed E-state index contributed by atoms with van der Waals surface area (Å²) in [5.74, 6) is -3.23. The average Bonchev–Trinajstić information content (AvgIpc) is 3.04. The van der Waals surface area contributed by atoms with Crippen LogP contribution in [0.5, 0.6) is 5.75 Å². The predicted molar refractivity (Wildman–Crippen MR) is 182 cm³/mol. The molecule has 2 aromatic rings. The summed E-state index contributed by atoms with van der Waals surface area (Å²) in [6.07, 6.45) is 0.358. The summed E-state index contributed by atoms with van der Waals surface area (Å²) < 4.78 is 16.8. The standard InChI is InChI=1S/C35H44BrClN2O8/c1-20(2)16-29-35(44)46-27(22(4)31(36)32(41)24-10-7-6-8-11-24)12-9-13-30(40)39-26(33(42)38-19-21(3)34(43)47-29)18-23-14-15-28(45-5)25(37)17-23/h6-11,13-15,17,20-22,26-27,29,31-32,41H,12,16,18-19H2,1-5H3,(H,38,42)(H,39,40)/b13-9+. The van der Waals surface area contributed by atoms with Crippen molar-refractivity contribution in [1.29, 1.82) is 0 Å². The molecular formula is C35H44BrClN2O8. The van der Waals surface area contributed by atoms with E-state index in [1.807, 2.05) is 39.0 Å². The van der Waals surface area contributed by atoms with Gasteiger partial charge in [0.25, 0.3) is 0 Å². The minimum Gasteiger partial charge on any atom is -0.495 e. The van der Waals surface area contributed by atoms with Crippen molar-refractivity contribution in [3.05, 3.63) is 76.8 Å². The second kappa shape index (κ2) is 18.2. The van der Waals surface area contributed by atoms with Gasteiger partial charge in [-0.05, 0) is 41.7 Å². The molecule has 2 amide bonds. The highest BCUT2D eigenvalue weighted by molar-refractivity contribution is 9.09. The van der Waals surface area contributed by atoms with Crippen LogP contribution in [0.2, 0.25) is 5.02 Å². The molecule has 3 rings (SSSR count). The van der Waals surface area contributed by atoms with Gasteiger partial charge in [-0.1, -0.05) is 97.7 Å². The van der Waals surface area contributed by atoms with Gasteiger partial charge in [0.15, 0.2) is 6.10 Å². The number of alkyl halides is 1. The average molecular weight is 736 g/mol.